The fraction of sp³-hybridized carbons (Fsp3) is 0.917. The first-order chi connectivity index (χ1) is 7.76. The Kier molecular flexibility index (Phi) is 4.59. The van der Waals surface area contributed by atoms with Crippen LogP contribution in [0, 0.1) is 11.3 Å². The average Bonchev–Trinajstić information content (AvgIpc) is 2.98. The molecule has 0 spiro atoms. The van der Waals surface area contributed by atoms with Gasteiger partial charge in [0.1, 0.15) is 0 Å². The number of thioether (sulfide) groups is 1. The molecule has 1 amide bonds. The predicted molar refractivity (Wildman–Crippen MR) is 73.1 cm³/mol. The number of alkyl halides is 1. The molecule has 0 aromatic heterocycles. The van der Waals surface area contributed by atoms with E-state index in [4.69, 9.17) is 0 Å². The Hall–Kier alpha value is 0.300. The smallest absolute Gasteiger partial charge is 0.223 e. The Morgan fingerprint density at radius 2 is 2.19 bits per heavy atom. The standard InChI is InChI=1S/C12H20BrNOS/c13-8-12(4-1-2-5-12)9-14-11(15)10-3-6-16-7-10/h10H,1-9H2,(H,14,15). The molecule has 1 aliphatic carbocycles. The summed E-state index contributed by atoms with van der Waals surface area (Å²) < 4.78 is 0. The first-order valence-electron chi connectivity index (χ1n) is 6.17. The SMILES string of the molecule is O=C(NCC1(CBr)CCCC1)C1CCSC1. The monoisotopic (exact) mass is 305 g/mol. The van der Waals surface area contributed by atoms with E-state index in [1.807, 2.05) is 11.8 Å². The van der Waals surface area contributed by atoms with Crippen LogP contribution in [0.4, 0.5) is 0 Å². The van der Waals surface area contributed by atoms with E-state index in [0.717, 1.165) is 29.8 Å². The highest BCUT2D eigenvalue weighted by Crippen LogP contribution is 2.39. The van der Waals surface area contributed by atoms with E-state index < -0.39 is 0 Å². The molecule has 1 heterocycles. The second-order valence-corrected chi connectivity index (χ2v) is 6.83. The Morgan fingerprint density at radius 1 is 1.44 bits per heavy atom. The molecule has 2 fully saturated rings. The van der Waals surface area contributed by atoms with E-state index in [1.54, 1.807) is 0 Å². The lowest BCUT2D eigenvalue weighted by Crippen LogP contribution is -2.40. The van der Waals surface area contributed by atoms with Gasteiger partial charge in [-0.05, 0) is 30.4 Å². The predicted octanol–water partition coefficient (Wildman–Crippen LogP) is 2.81. The topological polar surface area (TPSA) is 29.1 Å². The molecule has 1 saturated heterocycles. The van der Waals surface area contributed by atoms with Gasteiger partial charge in [0.15, 0.2) is 0 Å². The van der Waals surface area contributed by atoms with Crippen LogP contribution in [-0.4, -0.2) is 29.3 Å². The normalized spacial score (nSPS) is 28.2. The molecule has 0 aromatic rings. The van der Waals surface area contributed by atoms with Crippen molar-refractivity contribution in [2.75, 3.05) is 23.4 Å². The largest absolute Gasteiger partial charge is 0.355 e. The third-order valence-corrected chi connectivity index (χ3v) is 6.24. The van der Waals surface area contributed by atoms with Crippen LogP contribution in [0.15, 0.2) is 0 Å². The highest BCUT2D eigenvalue weighted by molar-refractivity contribution is 9.09. The Morgan fingerprint density at radius 3 is 2.75 bits per heavy atom. The van der Waals surface area contributed by atoms with E-state index in [1.165, 1.54) is 25.7 Å². The number of rotatable bonds is 4. The van der Waals surface area contributed by atoms with Crippen molar-refractivity contribution in [1.29, 1.82) is 0 Å². The summed E-state index contributed by atoms with van der Waals surface area (Å²) in [6.07, 6.45) is 6.23. The van der Waals surface area contributed by atoms with Crippen LogP contribution in [0.1, 0.15) is 32.1 Å². The van der Waals surface area contributed by atoms with E-state index in [0.29, 0.717) is 5.41 Å². The van der Waals surface area contributed by atoms with Crippen LogP contribution >= 0.6 is 27.7 Å². The number of carbonyl (C=O) groups excluding carboxylic acids is 1. The molecule has 92 valence electrons. The van der Waals surface area contributed by atoms with Gasteiger partial charge in [0.2, 0.25) is 5.91 Å². The summed E-state index contributed by atoms with van der Waals surface area (Å²) in [6, 6.07) is 0. The quantitative estimate of drug-likeness (QED) is 0.809. The number of amides is 1. The van der Waals surface area contributed by atoms with Crippen molar-refractivity contribution >= 4 is 33.6 Å². The zero-order valence-electron chi connectivity index (χ0n) is 9.64. The highest BCUT2D eigenvalue weighted by Gasteiger charge is 2.34. The summed E-state index contributed by atoms with van der Waals surface area (Å²) in [5, 5.41) is 4.20. The summed E-state index contributed by atoms with van der Waals surface area (Å²) in [5.41, 5.74) is 0.349. The van der Waals surface area contributed by atoms with Crippen molar-refractivity contribution in [2.45, 2.75) is 32.1 Å². The number of carbonyl (C=O) groups is 1. The second-order valence-electron chi connectivity index (χ2n) is 5.12. The van der Waals surface area contributed by atoms with Crippen molar-refractivity contribution in [1.82, 2.24) is 5.32 Å². The van der Waals surface area contributed by atoms with Gasteiger partial charge in [-0.3, -0.25) is 4.79 Å². The van der Waals surface area contributed by atoms with Crippen LogP contribution in [-0.2, 0) is 4.79 Å². The lowest BCUT2D eigenvalue weighted by molar-refractivity contribution is -0.124. The van der Waals surface area contributed by atoms with Gasteiger partial charge in [-0.25, -0.2) is 0 Å². The minimum atomic E-state index is 0.277. The molecule has 1 unspecified atom stereocenters. The van der Waals surface area contributed by atoms with Gasteiger partial charge in [-0.2, -0.15) is 11.8 Å². The van der Waals surface area contributed by atoms with Gasteiger partial charge in [-0.1, -0.05) is 28.8 Å². The van der Waals surface area contributed by atoms with Crippen molar-refractivity contribution < 1.29 is 4.79 Å². The van der Waals surface area contributed by atoms with E-state index in [9.17, 15) is 4.79 Å². The van der Waals surface area contributed by atoms with E-state index in [2.05, 4.69) is 21.2 Å². The molecule has 1 aliphatic heterocycles. The molecule has 1 N–H and O–H groups in total. The molecule has 1 saturated carbocycles. The van der Waals surface area contributed by atoms with Crippen molar-refractivity contribution in [2.24, 2.45) is 11.3 Å². The zero-order chi connectivity index (χ0) is 11.4. The molecule has 2 nitrogen and oxygen atoms in total. The minimum Gasteiger partial charge on any atom is -0.355 e. The molecule has 2 aliphatic rings. The third-order valence-electron chi connectivity index (χ3n) is 3.89. The third kappa shape index (κ3) is 2.95. The maximum atomic E-state index is 11.9. The number of hydrogen-bond acceptors (Lipinski definition) is 2. The fourth-order valence-electron chi connectivity index (χ4n) is 2.64. The van der Waals surface area contributed by atoms with Gasteiger partial charge in [0, 0.05) is 23.5 Å². The molecule has 1 atom stereocenters. The van der Waals surface area contributed by atoms with E-state index in [-0.39, 0.29) is 11.8 Å². The molecule has 16 heavy (non-hydrogen) atoms. The first-order valence-corrected chi connectivity index (χ1v) is 8.45. The van der Waals surface area contributed by atoms with Crippen LogP contribution in [0.2, 0.25) is 0 Å². The molecular weight excluding hydrogens is 286 g/mol. The number of halogens is 1. The maximum Gasteiger partial charge on any atom is 0.223 e. The Balaban J connectivity index is 1.79. The van der Waals surface area contributed by atoms with Gasteiger partial charge < -0.3 is 5.32 Å². The number of hydrogen-bond donors (Lipinski definition) is 1. The lowest BCUT2D eigenvalue weighted by atomic mass is 9.88. The molecule has 0 bridgehead atoms. The molecule has 2 rings (SSSR count). The minimum absolute atomic E-state index is 0.277. The highest BCUT2D eigenvalue weighted by atomic mass is 79.9. The Bertz CT molecular complexity index is 247. The summed E-state index contributed by atoms with van der Waals surface area (Å²) >= 11 is 5.52. The molecule has 0 aromatic carbocycles. The van der Waals surface area contributed by atoms with Gasteiger partial charge in [0.05, 0.1) is 0 Å². The van der Waals surface area contributed by atoms with Crippen molar-refractivity contribution in [3.63, 3.8) is 0 Å². The van der Waals surface area contributed by atoms with Crippen molar-refractivity contribution in [3.05, 3.63) is 0 Å². The fourth-order valence-corrected chi connectivity index (χ4v) is 4.62. The van der Waals surface area contributed by atoms with Gasteiger partial charge in [0.25, 0.3) is 0 Å². The Labute approximate surface area is 110 Å². The van der Waals surface area contributed by atoms with Crippen LogP contribution in [0.5, 0.6) is 0 Å². The first kappa shape index (κ1) is 12.7. The van der Waals surface area contributed by atoms with Gasteiger partial charge in [-0.15, -0.1) is 0 Å². The number of nitrogens with one attached hydrogen (secondary N) is 1. The lowest BCUT2D eigenvalue weighted by Gasteiger charge is -2.27. The van der Waals surface area contributed by atoms with Crippen LogP contribution in [0.3, 0.4) is 0 Å². The second kappa shape index (κ2) is 5.76. The molecule has 0 radical (unpaired) electrons. The summed E-state index contributed by atoms with van der Waals surface area (Å²) in [5.74, 6) is 2.74. The summed E-state index contributed by atoms with van der Waals surface area (Å²) in [7, 11) is 0. The van der Waals surface area contributed by atoms with E-state index >= 15 is 0 Å². The maximum absolute atomic E-state index is 11.9. The summed E-state index contributed by atoms with van der Waals surface area (Å²) in [4.78, 5) is 11.9. The molecule has 4 heteroatoms. The summed E-state index contributed by atoms with van der Waals surface area (Å²) in [6.45, 7) is 0.873. The molecular formula is C12H20BrNOS. The van der Waals surface area contributed by atoms with Crippen LogP contribution in [0.25, 0.3) is 0 Å². The van der Waals surface area contributed by atoms with Crippen molar-refractivity contribution in [3.8, 4) is 0 Å². The van der Waals surface area contributed by atoms with Crippen LogP contribution < -0.4 is 5.32 Å². The van der Waals surface area contributed by atoms with Gasteiger partial charge >= 0.3 is 0 Å². The average molecular weight is 306 g/mol. The zero-order valence-corrected chi connectivity index (χ0v) is 12.0.